The Morgan fingerprint density at radius 2 is 1.94 bits per heavy atom. The summed E-state index contributed by atoms with van der Waals surface area (Å²) in [6.45, 7) is 6.07. The molecule has 0 saturated heterocycles. The highest BCUT2D eigenvalue weighted by Gasteiger charge is 2.01. The first-order valence-corrected chi connectivity index (χ1v) is 7.87. The van der Waals surface area contributed by atoms with Crippen molar-refractivity contribution in [1.29, 1.82) is 0 Å². The molecule has 18 heavy (non-hydrogen) atoms. The highest BCUT2D eigenvalue weighted by Crippen LogP contribution is 2.22. The lowest BCUT2D eigenvalue weighted by molar-refractivity contribution is 0.615. The average Bonchev–Trinajstić information content (AvgIpc) is 2.34. The molecule has 1 rings (SSSR count). The summed E-state index contributed by atoms with van der Waals surface area (Å²) in [5.74, 6) is 0.961. The van der Waals surface area contributed by atoms with Crippen molar-refractivity contribution in [2.24, 2.45) is 0 Å². The number of unbranched alkanes of at least 4 members (excludes halogenated alkanes) is 2. The Morgan fingerprint density at radius 1 is 1.11 bits per heavy atom. The molecule has 0 spiro atoms. The third-order valence-corrected chi connectivity index (χ3v) is 3.77. The van der Waals surface area contributed by atoms with Crippen LogP contribution >= 0.6 is 11.8 Å². The van der Waals surface area contributed by atoms with E-state index in [2.05, 4.69) is 25.2 Å². The van der Waals surface area contributed by atoms with E-state index in [1.54, 1.807) is 23.9 Å². The first kappa shape index (κ1) is 15.5. The zero-order chi connectivity index (χ0) is 13.2. The minimum Gasteiger partial charge on any atom is -0.313 e. The molecule has 0 bridgehead atoms. The Balaban J connectivity index is 2.46. The van der Waals surface area contributed by atoms with Gasteiger partial charge in [-0.25, -0.2) is 4.39 Å². The smallest absolute Gasteiger partial charge is 0.124 e. The maximum Gasteiger partial charge on any atom is 0.124 e. The lowest BCUT2D eigenvalue weighted by Crippen LogP contribution is -2.13. The molecule has 0 aliphatic rings. The Hall–Kier alpha value is -0.540. The van der Waals surface area contributed by atoms with Gasteiger partial charge in [0.1, 0.15) is 5.82 Å². The number of halogens is 1. The van der Waals surface area contributed by atoms with Gasteiger partial charge in [0.15, 0.2) is 0 Å². The second-order valence-electron chi connectivity index (χ2n) is 4.53. The van der Waals surface area contributed by atoms with Gasteiger partial charge < -0.3 is 5.32 Å². The summed E-state index contributed by atoms with van der Waals surface area (Å²) in [7, 11) is 0. The first-order chi connectivity index (χ1) is 8.76. The minimum atomic E-state index is -0.121. The number of hydrogen-bond donors (Lipinski definition) is 1. The van der Waals surface area contributed by atoms with Crippen LogP contribution in [0.2, 0.25) is 0 Å². The first-order valence-electron chi connectivity index (χ1n) is 6.89. The predicted molar refractivity (Wildman–Crippen MR) is 78.6 cm³/mol. The van der Waals surface area contributed by atoms with Crippen LogP contribution in [-0.4, -0.2) is 12.3 Å². The normalized spacial score (nSPS) is 10.8. The fraction of sp³-hybridized carbons (Fsp3) is 0.600. The molecule has 1 aromatic rings. The van der Waals surface area contributed by atoms with Gasteiger partial charge in [0.05, 0.1) is 0 Å². The van der Waals surface area contributed by atoms with Gasteiger partial charge in [-0.1, -0.05) is 26.7 Å². The highest BCUT2D eigenvalue weighted by molar-refractivity contribution is 7.99. The molecule has 0 unspecified atom stereocenters. The summed E-state index contributed by atoms with van der Waals surface area (Å²) in [5.41, 5.74) is 1.04. The molecular weight excluding hydrogens is 245 g/mol. The van der Waals surface area contributed by atoms with Gasteiger partial charge in [0, 0.05) is 11.4 Å². The third-order valence-electron chi connectivity index (χ3n) is 2.70. The zero-order valence-electron chi connectivity index (χ0n) is 11.5. The highest BCUT2D eigenvalue weighted by atomic mass is 32.2. The Kier molecular flexibility index (Phi) is 8.10. The van der Waals surface area contributed by atoms with Crippen molar-refractivity contribution in [1.82, 2.24) is 5.32 Å². The SMILES string of the molecule is CCCCCSc1cc(F)cc(CNCCC)c1. The van der Waals surface area contributed by atoms with E-state index in [4.69, 9.17) is 0 Å². The van der Waals surface area contributed by atoms with Crippen LogP contribution in [0.15, 0.2) is 23.1 Å². The average molecular weight is 269 g/mol. The zero-order valence-corrected chi connectivity index (χ0v) is 12.3. The van der Waals surface area contributed by atoms with Gasteiger partial charge in [-0.05, 0) is 48.9 Å². The molecule has 0 aliphatic carbocycles. The standard InChI is InChI=1S/C15H24FNS/c1-3-5-6-8-18-15-10-13(9-14(16)11-15)12-17-7-4-2/h9-11,17H,3-8,12H2,1-2H3. The molecule has 0 heterocycles. The van der Waals surface area contributed by atoms with Crippen molar-refractivity contribution in [2.45, 2.75) is 51.0 Å². The van der Waals surface area contributed by atoms with E-state index < -0.39 is 0 Å². The van der Waals surface area contributed by atoms with Gasteiger partial charge in [-0.3, -0.25) is 0 Å². The number of nitrogens with one attached hydrogen (secondary N) is 1. The Labute approximate surface area is 115 Å². The lowest BCUT2D eigenvalue weighted by atomic mass is 10.2. The van der Waals surface area contributed by atoms with Crippen molar-refractivity contribution in [3.05, 3.63) is 29.6 Å². The van der Waals surface area contributed by atoms with E-state index in [-0.39, 0.29) is 5.82 Å². The monoisotopic (exact) mass is 269 g/mol. The molecule has 0 fully saturated rings. The number of rotatable bonds is 9. The van der Waals surface area contributed by atoms with Crippen LogP contribution < -0.4 is 5.32 Å². The van der Waals surface area contributed by atoms with E-state index in [0.29, 0.717) is 0 Å². The second kappa shape index (κ2) is 9.40. The largest absolute Gasteiger partial charge is 0.313 e. The number of benzene rings is 1. The van der Waals surface area contributed by atoms with E-state index >= 15 is 0 Å². The van der Waals surface area contributed by atoms with Crippen LogP contribution in [-0.2, 0) is 6.54 Å². The molecule has 1 N–H and O–H groups in total. The fourth-order valence-electron chi connectivity index (χ4n) is 1.76. The molecule has 0 aromatic heterocycles. The molecule has 3 heteroatoms. The van der Waals surface area contributed by atoms with Crippen molar-refractivity contribution >= 4 is 11.8 Å². The maximum atomic E-state index is 13.5. The van der Waals surface area contributed by atoms with Crippen molar-refractivity contribution < 1.29 is 4.39 Å². The van der Waals surface area contributed by atoms with Crippen LogP contribution in [0.1, 0.15) is 45.1 Å². The van der Waals surface area contributed by atoms with E-state index in [1.165, 1.54) is 19.3 Å². The van der Waals surface area contributed by atoms with E-state index in [0.717, 1.165) is 35.7 Å². The maximum absolute atomic E-state index is 13.5. The number of thioether (sulfide) groups is 1. The van der Waals surface area contributed by atoms with Crippen molar-refractivity contribution in [2.75, 3.05) is 12.3 Å². The van der Waals surface area contributed by atoms with E-state index in [9.17, 15) is 4.39 Å². The molecule has 102 valence electrons. The van der Waals surface area contributed by atoms with Gasteiger partial charge in [-0.2, -0.15) is 0 Å². The molecule has 0 atom stereocenters. The molecule has 0 amide bonds. The van der Waals surface area contributed by atoms with E-state index in [1.807, 2.05) is 0 Å². The third kappa shape index (κ3) is 6.41. The molecule has 0 aliphatic heterocycles. The van der Waals surface area contributed by atoms with Crippen LogP contribution in [0.5, 0.6) is 0 Å². The van der Waals surface area contributed by atoms with Crippen LogP contribution in [0, 0.1) is 5.82 Å². The van der Waals surface area contributed by atoms with Gasteiger partial charge >= 0.3 is 0 Å². The van der Waals surface area contributed by atoms with Crippen LogP contribution in [0.25, 0.3) is 0 Å². The predicted octanol–water partition coefficient (Wildman–Crippen LogP) is 4.61. The van der Waals surface area contributed by atoms with Crippen LogP contribution in [0.3, 0.4) is 0 Å². The fourth-order valence-corrected chi connectivity index (χ4v) is 2.77. The molecular formula is C15H24FNS. The summed E-state index contributed by atoms with van der Waals surface area (Å²) < 4.78 is 13.5. The summed E-state index contributed by atoms with van der Waals surface area (Å²) in [6.07, 6.45) is 4.80. The minimum absolute atomic E-state index is 0.121. The van der Waals surface area contributed by atoms with Crippen molar-refractivity contribution in [3.8, 4) is 0 Å². The summed E-state index contributed by atoms with van der Waals surface area (Å²) in [6, 6.07) is 5.36. The van der Waals surface area contributed by atoms with Crippen molar-refractivity contribution in [3.63, 3.8) is 0 Å². The van der Waals surface area contributed by atoms with Gasteiger partial charge in [-0.15, -0.1) is 11.8 Å². The summed E-state index contributed by atoms with van der Waals surface area (Å²) >= 11 is 1.76. The Bertz CT molecular complexity index is 341. The van der Waals surface area contributed by atoms with Gasteiger partial charge in [0.25, 0.3) is 0 Å². The summed E-state index contributed by atoms with van der Waals surface area (Å²) in [5, 5.41) is 3.31. The molecule has 0 saturated carbocycles. The molecule has 0 radical (unpaired) electrons. The lowest BCUT2D eigenvalue weighted by Gasteiger charge is -2.07. The molecule has 1 aromatic carbocycles. The second-order valence-corrected chi connectivity index (χ2v) is 5.70. The summed E-state index contributed by atoms with van der Waals surface area (Å²) in [4.78, 5) is 1.06. The Morgan fingerprint density at radius 3 is 2.67 bits per heavy atom. The molecule has 1 nitrogen and oxygen atoms in total. The van der Waals surface area contributed by atoms with Crippen LogP contribution in [0.4, 0.5) is 4.39 Å². The topological polar surface area (TPSA) is 12.0 Å². The quantitative estimate of drug-likeness (QED) is 0.519. The number of hydrogen-bond acceptors (Lipinski definition) is 2. The van der Waals surface area contributed by atoms with Gasteiger partial charge in [0.2, 0.25) is 0 Å².